The Balaban J connectivity index is 1.43. The molecule has 0 atom stereocenters. The average molecular weight is 435 g/mol. The van der Waals surface area contributed by atoms with E-state index in [1.54, 1.807) is 38.7 Å². The smallest absolute Gasteiger partial charge is 0.252 e. The van der Waals surface area contributed by atoms with Crippen molar-refractivity contribution in [2.24, 2.45) is 0 Å². The minimum absolute atomic E-state index is 0.118. The van der Waals surface area contributed by atoms with Crippen molar-refractivity contribution in [3.8, 4) is 11.5 Å². The molecular weight excluding hydrogens is 410 g/mol. The molecule has 0 aliphatic carbocycles. The summed E-state index contributed by atoms with van der Waals surface area (Å²) < 4.78 is 12.8. The Hall–Kier alpha value is -3.95. The molecule has 10 heteroatoms. The predicted molar refractivity (Wildman–Crippen MR) is 120 cm³/mol. The zero-order valence-electron chi connectivity index (χ0n) is 18.3. The Morgan fingerprint density at radius 3 is 2.62 bits per heavy atom. The molecule has 4 rings (SSSR count). The number of aryl methyl sites for hydroxylation is 1. The number of rotatable bonds is 9. The number of fused-ring (bicyclic) bond motifs is 3. The minimum atomic E-state index is -0.118. The number of hydrogen-bond acceptors (Lipinski definition) is 8. The molecule has 3 heterocycles. The van der Waals surface area contributed by atoms with Crippen LogP contribution in [0.15, 0.2) is 36.7 Å². The highest BCUT2D eigenvalue weighted by molar-refractivity contribution is 5.93. The first-order chi connectivity index (χ1) is 15.6. The van der Waals surface area contributed by atoms with Crippen LogP contribution in [0.1, 0.15) is 29.0 Å². The van der Waals surface area contributed by atoms with E-state index in [0.29, 0.717) is 41.6 Å². The molecule has 0 unspecified atom stereocenters. The number of unbranched alkanes of at least 4 members (excludes halogenated alkanes) is 1. The lowest BCUT2D eigenvalue weighted by Crippen LogP contribution is -2.24. The Morgan fingerprint density at radius 2 is 1.88 bits per heavy atom. The number of methoxy groups -OCH3 is 2. The van der Waals surface area contributed by atoms with Crippen LogP contribution >= 0.6 is 0 Å². The third-order valence-corrected chi connectivity index (χ3v) is 5.10. The van der Waals surface area contributed by atoms with E-state index in [4.69, 9.17) is 14.5 Å². The summed E-state index contributed by atoms with van der Waals surface area (Å²) >= 11 is 0. The van der Waals surface area contributed by atoms with Crippen LogP contribution in [0, 0.1) is 6.92 Å². The molecule has 3 aromatic heterocycles. The molecule has 1 amide bonds. The van der Waals surface area contributed by atoms with Gasteiger partial charge in [-0.15, -0.1) is 10.2 Å². The van der Waals surface area contributed by atoms with E-state index >= 15 is 0 Å². The lowest BCUT2D eigenvalue weighted by atomic mass is 10.2. The first kappa shape index (κ1) is 21.3. The lowest BCUT2D eigenvalue weighted by molar-refractivity contribution is 0.0952. The lowest BCUT2D eigenvalue weighted by Gasteiger charge is -2.13. The van der Waals surface area contributed by atoms with E-state index in [0.717, 1.165) is 29.7 Å². The fourth-order valence-corrected chi connectivity index (χ4v) is 3.48. The van der Waals surface area contributed by atoms with Gasteiger partial charge in [-0.2, -0.15) is 0 Å². The highest BCUT2D eigenvalue weighted by Gasteiger charge is 2.16. The van der Waals surface area contributed by atoms with Gasteiger partial charge in [0.15, 0.2) is 17.3 Å². The zero-order chi connectivity index (χ0) is 22.5. The number of benzene rings is 1. The first-order valence-electron chi connectivity index (χ1n) is 10.3. The molecule has 0 saturated carbocycles. The Labute approximate surface area is 185 Å². The second-order valence-corrected chi connectivity index (χ2v) is 7.19. The van der Waals surface area contributed by atoms with Gasteiger partial charge >= 0.3 is 0 Å². The van der Waals surface area contributed by atoms with E-state index in [2.05, 4.69) is 25.8 Å². The van der Waals surface area contributed by atoms with Gasteiger partial charge in [0.2, 0.25) is 5.65 Å². The van der Waals surface area contributed by atoms with Crippen molar-refractivity contribution in [1.82, 2.24) is 29.9 Å². The molecule has 0 aliphatic rings. The highest BCUT2D eigenvalue weighted by atomic mass is 16.5. The summed E-state index contributed by atoms with van der Waals surface area (Å²) in [6, 6.07) is 7.20. The molecule has 0 aliphatic heterocycles. The van der Waals surface area contributed by atoms with Crippen LogP contribution < -0.4 is 20.1 Å². The number of nitrogens with zero attached hydrogens (tertiary/aromatic N) is 5. The van der Waals surface area contributed by atoms with Crippen molar-refractivity contribution < 1.29 is 14.3 Å². The second-order valence-electron chi connectivity index (χ2n) is 7.19. The van der Waals surface area contributed by atoms with Crippen LogP contribution in [0.3, 0.4) is 0 Å². The fraction of sp³-hybridized carbons (Fsp3) is 0.318. The van der Waals surface area contributed by atoms with Gasteiger partial charge < -0.3 is 20.1 Å². The summed E-state index contributed by atoms with van der Waals surface area (Å²) in [6.45, 7) is 3.15. The predicted octanol–water partition coefficient (Wildman–Crippen LogP) is 2.62. The maximum atomic E-state index is 12.1. The van der Waals surface area contributed by atoms with Crippen LogP contribution in [0.4, 0.5) is 5.82 Å². The van der Waals surface area contributed by atoms with Crippen molar-refractivity contribution in [1.29, 1.82) is 0 Å². The number of anilines is 1. The third kappa shape index (κ3) is 4.25. The quantitative estimate of drug-likeness (QED) is 0.386. The zero-order valence-corrected chi connectivity index (χ0v) is 18.3. The summed E-state index contributed by atoms with van der Waals surface area (Å²) in [5, 5.41) is 14.8. The van der Waals surface area contributed by atoms with E-state index in [1.807, 2.05) is 23.5 Å². The topological polar surface area (TPSA) is 116 Å². The second kappa shape index (κ2) is 9.46. The summed E-state index contributed by atoms with van der Waals surface area (Å²) in [5.41, 5.74) is 2.78. The van der Waals surface area contributed by atoms with Gasteiger partial charge in [0.1, 0.15) is 5.82 Å². The van der Waals surface area contributed by atoms with Crippen molar-refractivity contribution in [2.45, 2.75) is 19.8 Å². The monoisotopic (exact) mass is 435 g/mol. The Kier molecular flexibility index (Phi) is 6.29. The number of hydrogen-bond donors (Lipinski definition) is 2. The minimum Gasteiger partial charge on any atom is -0.493 e. The van der Waals surface area contributed by atoms with Gasteiger partial charge in [0.25, 0.3) is 5.91 Å². The van der Waals surface area contributed by atoms with Crippen molar-refractivity contribution in [3.63, 3.8) is 0 Å². The van der Waals surface area contributed by atoms with Gasteiger partial charge in [0.05, 0.1) is 30.8 Å². The van der Waals surface area contributed by atoms with E-state index in [1.165, 1.54) is 0 Å². The largest absolute Gasteiger partial charge is 0.493 e. The summed E-state index contributed by atoms with van der Waals surface area (Å²) in [5.74, 6) is 2.50. The summed E-state index contributed by atoms with van der Waals surface area (Å²) in [7, 11) is 3.20. The SMILES string of the molecule is COc1cc2nc(NCCCCNC(=O)c3cccnc3)c3nnc(C)n3c2cc1OC. The molecule has 0 radical (unpaired) electrons. The highest BCUT2D eigenvalue weighted by Crippen LogP contribution is 2.33. The summed E-state index contributed by atoms with van der Waals surface area (Å²) in [6.07, 6.45) is 4.86. The van der Waals surface area contributed by atoms with E-state index in [9.17, 15) is 4.79 Å². The van der Waals surface area contributed by atoms with Gasteiger partial charge in [-0.25, -0.2) is 4.98 Å². The molecule has 32 heavy (non-hydrogen) atoms. The number of pyridine rings is 1. The van der Waals surface area contributed by atoms with E-state index in [-0.39, 0.29) is 5.91 Å². The van der Waals surface area contributed by atoms with Gasteiger partial charge in [-0.3, -0.25) is 14.2 Å². The van der Waals surface area contributed by atoms with Gasteiger partial charge in [0, 0.05) is 37.6 Å². The van der Waals surface area contributed by atoms with Crippen LogP contribution in [0.5, 0.6) is 11.5 Å². The molecule has 4 aromatic rings. The van der Waals surface area contributed by atoms with Crippen molar-refractivity contribution >= 4 is 28.4 Å². The normalized spacial score (nSPS) is 11.0. The maximum Gasteiger partial charge on any atom is 0.252 e. The van der Waals surface area contributed by atoms with Gasteiger partial charge in [-0.05, 0) is 31.9 Å². The fourth-order valence-electron chi connectivity index (χ4n) is 3.48. The van der Waals surface area contributed by atoms with Crippen LogP contribution in [-0.4, -0.2) is 57.8 Å². The molecule has 10 nitrogen and oxygen atoms in total. The third-order valence-electron chi connectivity index (χ3n) is 5.10. The summed E-state index contributed by atoms with van der Waals surface area (Å²) in [4.78, 5) is 20.8. The van der Waals surface area contributed by atoms with Crippen LogP contribution in [-0.2, 0) is 0 Å². The molecule has 0 saturated heterocycles. The number of carbonyl (C=O) groups is 1. The molecule has 166 valence electrons. The van der Waals surface area contributed by atoms with Crippen LogP contribution in [0.2, 0.25) is 0 Å². The molecule has 0 bridgehead atoms. The molecule has 1 aromatic carbocycles. The van der Waals surface area contributed by atoms with Crippen molar-refractivity contribution in [3.05, 3.63) is 48.0 Å². The van der Waals surface area contributed by atoms with Gasteiger partial charge in [-0.1, -0.05) is 0 Å². The first-order valence-corrected chi connectivity index (χ1v) is 10.3. The average Bonchev–Trinajstić information content (AvgIpc) is 3.22. The number of amides is 1. The molecule has 0 fully saturated rings. The number of carbonyl (C=O) groups excluding carboxylic acids is 1. The van der Waals surface area contributed by atoms with Crippen LogP contribution in [0.25, 0.3) is 16.7 Å². The molecule has 0 spiro atoms. The Bertz CT molecular complexity index is 1240. The number of nitrogens with one attached hydrogen (secondary N) is 2. The van der Waals surface area contributed by atoms with Crippen molar-refractivity contribution in [2.75, 3.05) is 32.6 Å². The molecule has 2 N–H and O–H groups in total. The standard InChI is InChI=1S/C22H25N7O3/c1-14-27-28-21-20(24-9-4-5-10-25-22(30)15-7-6-8-23-13-15)26-16-11-18(31-2)19(32-3)12-17(16)29(14)21/h6-8,11-13H,4-5,9-10H2,1-3H3,(H,24,26)(H,25,30). The Morgan fingerprint density at radius 1 is 1.09 bits per heavy atom. The van der Waals surface area contributed by atoms with E-state index < -0.39 is 0 Å². The number of ether oxygens (including phenoxy) is 2. The maximum absolute atomic E-state index is 12.1. The number of aromatic nitrogens is 5. The molecular formula is C22H25N7O3.